The van der Waals surface area contributed by atoms with Crippen LogP contribution in [0.15, 0.2) is 24.3 Å². The van der Waals surface area contributed by atoms with Crippen LogP contribution in [0.25, 0.3) is 0 Å². The molecule has 1 aromatic carbocycles. The van der Waals surface area contributed by atoms with Crippen molar-refractivity contribution in [3.63, 3.8) is 0 Å². The Labute approximate surface area is 140 Å². The maximum absolute atomic E-state index is 12.8. The Balaban J connectivity index is 1.43. The molecule has 1 aliphatic rings. The van der Waals surface area contributed by atoms with E-state index in [-0.39, 0.29) is 5.82 Å². The van der Waals surface area contributed by atoms with Gasteiger partial charge in [-0.2, -0.15) is 0 Å². The molecule has 1 aliphatic heterocycles. The van der Waals surface area contributed by atoms with Crippen molar-refractivity contribution in [1.82, 2.24) is 4.90 Å². The van der Waals surface area contributed by atoms with Gasteiger partial charge in [-0.25, -0.2) is 4.39 Å². The third-order valence-electron chi connectivity index (χ3n) is 4.73. The Kier molecular flexibility index (Phi) is 8.13. The first-order valence-electron chi connectivity index (χ1n) is 9.28. The number of carbonyl (C=O) groups excluding carboxylic acids is 1. The van der Waals surface area contributed by atoms with Crippen molar-refractivity contribution in [3.05, 3.63) is 35.6 Å². The molecule has 1 fully saturated rings. The van der Waals surface area contributed by atoms with E-state index in [0.29, 0.717) is 5.91 Å². The van der Waals surface area contributed by atoms with Gasteiger partial charge in [0, 0.05) is 19.5 Å². The zero-order valence-electron chi connectivity index (χ0n) is 14.2. The molecule has 3 heteroatoms. The van der Waals surface area contributed by atoms with Crippen LogP contribution in [0.2, 0.25) is 0 Å². The normalized spacial score (nSPS) is 14.9. The monoisotopic (exact) mass is 319 g/mol. The first-order chi connectivity index (χ1) is 11.3. The van der Waals surface area contributed by atoms with Crippen molar-refractivity contribution in [2.24, 2.45) is 0 Å². The van der Waals surface area contributed by atoms with Gasteiger partial charge < -0.3 is 4.90 Å². The number of hydrogen-bond acceptors (Lipinski definition) is 1. The molecule has 2 rings (SSSR count). The lowest BCUT2D eigenvalue weighted by atomic mass is 10.0. The first-order valence-corrected chi connectivity index (χ1v) is 9.28. The summed E-state index contributed by atoms with van der Waals surface area (Å²) in [5.41, 5.74) is 1.22. The van der Waals surface area contributed by atoms with Crippen molar-refractivity contribution >= 4 is 5.91 Å². The van der Waals surface area contributed by atoms with E-state index >= 15 is 0 Å². The molecule has 0 spiro atoms. The zero-order valence-corrected chi connectivity index (χ0v) is 14.2. The minimum absolute atomic E-state index is 0.159. The van der Waals surface area contributed by atoms with Crippen LogP contribution < -0.4 is 0 Å². The summed E-state index contributed by atoms with van der Waals surface area (Å²) < 4.78 is 12.8. The Morgan fingerprint density at radius 3 is 2.17 bits per heavy atom. The molecular weight excluding hydrogens is 289 g/mol. The summed E-state index contributed by atoms with van der Waals surface area (Å²) in [6.07, 6.45) is 12.4. The Morgan fingerprint density at radius 2 is 1.48 bits per heavy atom. The van der Waals surface area contributed by atoms with Gasteiger partial charge in [0.25, 0.3) is 0 Å². The summed E-state index contributed by atoms with van der Waals surface area (Å²) in [6.45, 7) is 1.95. The van der Waals surface area contributed by atoms with E-state index in [1.165, 1.54) is 62.6 Å². The molecule has 0 aliphatic carbocycles. The quantitative estimate of drug-likeness (QED) is 0.579. The van der Waals surface area contributed by atoms with E-state index in [2.05, 4.69) is 0 Å². The van der Waals surface area contributed by atoms with E-state index in [4.69, 9.17) is 0 Å². The van der Waals surface area contributed by atoms with E-state index in [0.717, 1.165) is 38.8 Å². The fourth-order valence-corrected chi connectivity index (χ4v) is 3.26. The lowest BCUT2D eigenvalue weighted by molar-refractivity contribution is -0.132. The average molecular weight is 319 g/mol. The molecule has 23 heavy (non-hydrogen) atoms. The number of likely N-dealkylation sites (tertiary alicyclic amines) is 1. The van der Waals surface area contributed by atoms with Gasteiger partial charge >= 0.3 is 0 Å². The van der Waals surface area contributed by atoms with E-state index in [1.54, 1.807) is 0 Å². The number of halogens is 1. The molecule has 1 heterocycles. The topological polar surface area (TPSA) is 20.3 Å². The van der Waals surface area contributed by atoms with Crippen LogP contribution in [0.3, 0.4) is 0 Å². The van der Waals surface area contributed by atoms with Crippen LogP contribution in [-0.2, 0) is 11.2 Å². The molecule has 1 saturated heterocycles. The standard InChI is InChI=1S/C20H30FNO/c21-19-14-12-18(13-15-19)10-6-3-1-2-4-7-11-20(23)22-16-8-5-9-17-22/h12-15H,1-11,16-17H2. The number of piperidine rings is 1. The molecule has 0 saturated carbocycles. The predicted molar refractivity (Wildman–Crippen MR) is 92.9 cm³/mol. The van der Waals surface area contributed by atoms with E-state index < -0.39 is 0 Å². The number of nitrogens with zero attached hydrogens (tertiary/aromatic N) is 1. The van der Waals surface area contributed by atoms with Gasteiger partial charge in [-0.05, 0) is 56.2 Å². The Hall–Kier alpha value is -1.38. The third kappa shape index (κ3) is 7.15. The predicted octanol–water partition coefficient (Wildman–Crippen LogP) is 5.11. The fraction of sp³-hybridized carbons (Fsp3) is 0.650. The maximum Gasteiger partial charge on any atom is 0.222 e. The SMILES string of the molecule is O=C(CCCCCCCCc1ccc(F)cc1)N1CCCCC1. The zero-order chi connectivity index (χ0) is 16.3. The molecule has 0 atom stereocenters. The van der Waals surface area contributed by atoms with Crippen LogP contribution in [-0.4, -0.2) is 23.9 Å². The largest absolute Gasteiger partial charge is 0.343 e. The number of rotatable bonds is 9. The molecule has 0 radical (unpaired) electrons. The molecule has 1 aromatic rings. The highest BCUT2D eigenvalue weighted by molar-refractivity contribution is 5.76. The van der Waals surface area contributed by atoms with Gasteiger partial charge in [0.2, 0.25) is 5.91 Å². The highest BCUT2D eigenvalue weighted by Gasteiger charge is 2.15. The van der Waals surface area contributed by atoms with Crippen LogP contribution in [0.4, 0.5) is 4.39 Å². The van der Waals surface area contributed by atoms with E-state index in [1.807, 2.05) is 17.0 Å². The van der Waals surface area contributed by atoms with Gasteiger partial charge in [-0.1, -0.05) is 37.8 Å². The second-order valence-corrected chi connectivity index (χ2v) is 6.69. The lowest BCUT2D eigenvalue weighted by Crippen LogP contribution is -2.35. The fourth-order valence-electron chi connectivity index (χ4n) is 3.26. The van der Waals surface area contributed by atoms with Crippen molar-refractivity contribution in [1.29, 1.82) is 0 Å². The molecule has 0 N–H and O–H groups in total. The van der Waals surface area contributed by atoms with Crippen molar-refractivity contribution < 1.29 is 9.18 Å². The van der Waals surface area contributed by atoms with Gasteiger partial charge in [-0.15, -0.1) is 0 Å². The third-order valence-corrected chi connectivity index (χ3v) is 4.73. The van der Waals surface area contributed by atoms with Gasteiger partial charge in [0.1, 0.15) is 5.82 Å². The summed E-state index contributed by atoms with van der Waals surface area (Å²) in [4.78, 5) is 14.1. The second-order valence-electron chi connectivity index (χ2n) is 6.69. The summed E-state index contributed by atoms with van der Waals surface area (Å²) in [5.74, 6) is 0.203. The average Bonchev–Trinajstić information content (AvgIpc) is 2.59. The number of carbonyl (C=O) groups is 1. The van der Waals surface area contributed by atoms with Crippen molar-refractivity contribution in [3.8, 4) is 0 Å². The van der Waals surface area contributed by atoms with E-state index in [9.17, 15) is 9.18 Å². The van der Waals surface area contributed by atoms with Crippen molar-refractivity contribution in [2.45, 2.75) is 70.6 Å². The minimum atomic E-state index is -0.159. The smallest absolute Gasteiger partial charge is 0.222 e. The molecule has 128 valence electrons. The van der Waals surface area contributed by atoms with Crippen LogP contribution in [0.1, 0.15) is 69.8 Å². The highest BCUT2D eigenvalue weighted by atomic mass is 19.1. The Morgan fingerprint density at radius 1 is 0.870 bits per heavy atom. The van der Waals surface area contributed by atoms with Crippen molar-refractivity contribution in [2.75, 3.05) is 13.1 Å². The number of unbranched alkanes of at least 4 members (excludes halogenated alkanes) is 5. The summed E-state index contributed by atoms with van der Waals surface area (Å²) in [5, 5.41) is 0. The molecule has 0 unspecified atom stereocenters. The van der Waals surface area contributed by atoms with Crippen LogP contribution in [0.5, 0.6) is 0 Å². The van der Waals surface area contributed by atoms with Gasteiger partial charge in [0.05, 0.1) is 0 Å². The van der Waals surface area contributed by atoms with Gasteiger partial charge in [0.15, 0.2) is 0 Å². The first kappa shape index (κ1) is 18.0. The number of benzene rings is 1. The van der Waals surface area contributed by atoms with Gasteiger partial charge in [-0.3, -0.25) is 4.79 Å². The second kappa shape index (κ2) is 10.4. The number of hydrogen-bond donors (Lipinski definition) is 0. The molecule has 0 aromatic heterocycles. The summed E-state index contributed by atoms with van der Waals surface area (Å²) in [6, 6.07) is 6.83. The maximum atomic E-state index is 12.8. The summed E-state index contributed by atoms with van der Waals surface area (Å²) >= 11 is 0. The lowest BCUT2D eigenvalue weighted by Gasteiger charge is -2.26. The molecular formula is C20H30FNO. The van der Waals surface area contributed by atoms with Crippen LogP contribution in [0, 0.1) is 5.82 Å². The number of amides is 1. The van der Waals surface area contributed by atoms with Crippen LogP contribution >= 0.6 is 0 Å². The Bertz CT molecular complexity index is 451. The summed E-state index contributed by atoms with van der Waals surface area (Å²) in [7, 11) is 0. The molecule has 1 amide bonds. The molecule has 0 bridgehead atoms. The molecule has 2 nitrogen and oxygen atoms in total. The minimum Gasteiger partial charge on any atom is -0.343 e. The highest BCUT2D eigenvalue weighted by Crippen LogP contribution is 2.14. The number of aryl methyl sites for hydroxylation is 1.